The van der Waals surface area contributed by atoms with Gasteiger partial charge in [0.1, 0.15) is 0 Å². The van der Waals surface area contributed by atoms with Crippen molar-refractivity contribution in [3.63, 3.8) is 0 Å². The second kappa shape index (κ2) is 6.95. The van der Waals surface area contributed by atoms with Crippen LogP contribution in [0.15, 0.2) is 0 Å². The van der Waals surface area contributed by atoms with Crippen LogP contribution >= 0.6 is 11.6 Å². The fourth-order valence-electron chi connectivity index (χ4n) is 2.48. The summed E-state index contributed by atoms with van der Waals surface area (Å²) >= 11 is 6.23. The average Bonchev–Trinajstić information content (AvgIpc) is 2.82. The van der Waals surface area contributed by atoms with Crippen LogP contribution in [0.4, 0.5) is 0 Å². The highest BCUT2D eigenvalue weighted by molar-refractivity contribution is 7.90. The summed E-state index contributed by atoms with van der Waals surface area (Å²) in [5, 5.41) is -0.283. The van der Waals surface area contributed by atoms with Gasteiger partial charge in [-0.3, -0.25) is 0 Å². The first kappa shape index (κ1) is 15.3. The van der Waals surface area contributed by atoms with Crippen molar-refractivity contribution >= 4 is 21.6 Å². The van der Waals surface area contributed by atoms with E-state index >= 15 is 0 Å². The first-order valence-corrected chi connectivity index (χ1v) is 8.62. The van der Waals surface area contributed by atoms with Crippen molar-refractivity contribution in [3.05, 3.63) is 0 Å². The van der Waals surface area contributed by atoms with Gasteiger partial charge in [-0.1, -0.05) is 39.5 Å². The van der Waals surface area contributed by atoms with Crippen molar-refractivity contribution in [3.8, 4) is 0 Å². The maximum absolute atomic E-state index is 12.0. The molecule has 0 amide bonds. The van der Waals surface area contributed by atoms with E-state index in [2.05, 4.69) is 18.6 Å². The van der Waals surface area contributed by atoms with E-state index in [0.717, 1.165) is 38.5 Å². The summed E-state index contributed by atoms with van der Waals surface area (Å²) in [5.41, 5.74) is 0. The summed E-state index contributed by atoms with van der Waals surface area (Å²) in [6.07, 6.45) is 5.65. The zero-order valence-electron chi connectivity index (χ0n) is 10.8. The zero-order chi connectivity index (χ0) is 12.9. The quantitative estimate of drug-likeness (QED) is 0.730. The number of sulfonamides is 1. The van der Waals surface area contributed by atoms with Crippen LogP contribution in [-0.2, 0) is 10.0 Å². The fourth-order valence-corrected chi connectivity index (χ4v) is 4.61. The number of alkyl halides is 1. The number of hydrogen-bond acceptors (Lipinski definition) is 2. The molecule has 0 saturated heterocycles. The third-order valence-corrected chi connectivity index (χ3v) is 6.21. The molecule has 0 bridgehead atoms. The molecular weight excluding hydrogens is 258 g/mol. The van der Waals surface area contributed by atoms with Gasteiger partial charge in [0.25, 0.3) is 0 Å². The smallest absolute Gasteiger partial charge is 0.214 e. The Morgan fingerprint density at radius 3 is 2.24 bits per heavy atom. The molecule has 1 aliphatic carbocycles. The lowest BCUT2D eigenvalue weighted by Gasteiger charge is -2.20. The predicted molar refractivity (Wildman–Crippen MR) is 72.9 cm³/mol. The van der Waals surface area contributed by atoms with Gasteiger partial charge in [-0.05, 0) is 18.8 Å². The van der Waals surface area contributed by atoms with E-state index in [1.54, 1.807) is 0 Å². The van der Waals surface area contributed by atoms with E-state index in [1.165, 1.54) is 0 Å². The first-order chi connectivity index (χ1) is 8.01. The molecule has 1 saturated carbocycles. The topological polar surface area (TPSA) is 46.2 Å². The van der Waals surface area contributed by atoms with Gasteiger partial charge in [-0.2, -0.15) is 0 Å². The summed E-state index contributed by atoms with van der Waals surface area (Å²) in [5.74, 6) is 0.392. The van der Waals surface area contributed by atoms with Crippen LogP contribution in [0.25, 0.3) is 0 Å². The molecule has 0 aliphatic heterocycles. The molecule has 0 spiro atoms. The number of halogens is 1. The van der Waals surface area contributed by atoms with E-state index in [4.69, 9.17) is 11.6 Å². The number of nitrogens with one attached hydrogen (secondary N) is 1. The van der Waals surface area contributed by atoms with Crippen LogP contribution in [0, 0.1) is 5.92 Å². The molecule has 0 aromatic rings. The Balaban J connectivity index is 2.43. The molecule has 1 N–H and O–H groups in total. The normalized spacial score (nSPS) is 20.0. The molecule has 17 heavy (non-hydrogen) atoms. The lowest BCUT2D eigenvalue weighted by atomic mass is 9.99. The Bertz CT molecular complexity index is 308. The highest BCUT2D eigenvalue weighted by atomic mass is 35.5. The second-order valence-electron chi connectivity index (χ2n) is 4.89. The molecule has 0 radical (unpaired) electrons. The molecule has 1 unspecified atom stereocenters. The SMILES string of the molecule is CCC(CC)C(Cl)CNS(=O)(=O)C1CCCC1. The molecular formula is C12H24ClNO2S. The monoisotopic (exact) mass is 281 g/mol. The van der Waals surface area contributed by atoms with Crippen LogP contribution in [-0.4, -0.2) is 25.6 Å². The zero-order valence-corrected chi connectivity index (χ0v) is 12.4. The molecule has 102 valence electrons. The minimum absolute atomic E-state index is 0.0961. The Labute approximate surface area is 110 Å². The van der Waals surface area contributed by atoms with Crippen molar-refractivity contribution in [1.82, 2.24) is 4.72 Å². The molecule has 0 aromatic heterocycles. The standard InChI is InChI=1S/C12H24ClNO2S/c1-3-10(4-2)12(13)9-14-17(15,16)11-7-5-6-8-11/h10-12,14H,3-9H2,1-2H3. The average molecular weight is 282 g/mol. The van der Waals surface area contributed by atoms with Crippen LogP contribution < -0.4 is 4.72 Å². The van der Waals surface area contributed by atoms with Crippen LogP contribution in [0.2, 0.25) is 0 Å². The van der Waals surface area contributed by atoms with Crippen molar-refractivity contribution < 1.29 is 8.42 Å². The highest BCUT2D eigenvalue weighted by Crippen LogP contribution is 2.24. The Kier molecular flexibility index (Phi) is 6.24. The van der Waals surface area contributed by atoms with Crippen molar-refractivity contribution in [2.24, 2.45) is 5.92 Å². The summed E-state index contributed by atoms with van der Waals surface area (Å²) in [4.78, 5) is 0. The van der Waals surface area contributed by atoms with Crippen LogP contribution in [0.1, 0.15) is 52.4 Å². The third-order valence-electron chi connectivity index (χ3n) is 3.78. The van der Waals surface area contributed by atoms with Gasteiger partial charge in [0.05, 0.1) is 5.25 Å². The molecule has 0 heterocycles. The Morgan fingerprint density at radius 1 is 1.24 bits per heavy atom. The third kappa shape index (κ3) is 4.42. The minimum Gasteiger partial charge on any atom is -0.214 e. The molecule has 1 aliphatic rings. The molecule has 1 rings (SSSR count). The molecule has 0 aromatic carbocycles. The maximum Gasteiger partial charge on any atom is 0.214 e. The van der Waals surface area contributed by atoms with E-state index in [1.807, 2.05) is 0 Å². The highest BCUT2D eigenvalue weighted by Gasteiger charge is 2.29. The summed E-state index contributed by atoms with van der Waals surface area (Å²) in [7, 11) is -3.14. The van der Waals surface area contributed by atoms with Crippen LogP contribution in [0.5, 0.6) is 0 Å². The second-order valence-corrected chi connectivity index (χ2v) is 7.50. The van der Waals surface area contributed by atoms with Crippen molar-refractivity contribution in [2.45, 2.75) is 63.0 Å². The van der Waals surface area contributed by atoms with Gasteiger partial charge >= 0.3 is 0 Å². The summed E-state index contributed by atoms with van der Waals surface area (Å²) in [6, 6.07) is 0. The lowest BCUT2D eigenvalue weighted by molar-refractivity contribution is 0.459. The van der Waals surface area contributed by atoms with Crippen molar-refractivity contribution in [1.29, 1.82) is 0 Å². The Hall–Kier alpha value is 0.200. The molecule has 5 heteroatoms. The van der Waals surface area contributed by atoms with Gasteiger partial charge in [-0.15, -0.1) is 11.6 Å². The van der Waals surface area contributed by atoms with E-state index in [-0.39, 0.29) is 10.6 Å². The van der Waals surface area contributed by atoms with E-state index in [0.29, 0.717) is 12.5 Å². The number of rotatable bonds is 7. The van der Waals surface area contributed by atoms with Crippen molar-refractivity contribution in [2.75, 3.05) is 6.54 Å². The van der Waals surface area contributed by atoms with Gasteiger partial charge in [0.2, 0.25) is 10.0 Å². The Morgan fingerprint density at radius 2 is 1.76 bits per heavy atom. The van der Waals surface area contributed by atoms with Gasteiger partial charge < -0.3 is 0 Å². The predicted octanol–water partition coefficient (Wildman–Crippen LogP) is 2.89. The van der Waals surface area contributed by atoms with Crippen LogP contribution in [0.3, 0.4) is 0 Å². The minimum atomic E-state index is -3.14. The summed E-state index contributed by atoms with van der Waals surface area (Å²) in [6.45, 7) is 4.55. The van der Waals surface area contributed by atoms with E-state index in [9.17, 15) is 8.42 Å². The van der Waals surface area contributed by atoms with Gasteiger partial charge in [0, 0.05) is 11.9 Å². The first-order valence-electron chi connectivity index (χ1n) is 6.63. The maximum atomic E-state index is 12.0. The largest absolute Gasteiger partial charge is 0.214 e. The molecule has 1 fully saturated rings. The summed E-state index contributed by atoms with van der Waals surface area (Å²) < 4.78 is 26.6. The number of hydrogen-bond donors (Lipinski definition) is 1. The van der Waals surface area contributed by atoms with Gasteiger partial charge in [-0.25, -0.2) is 13.1 Å². The van der Waals surface area contributed by atoms with Gasteiger partial charge in [0.15, 0.2) is 0 Å². The van der Waals surface area contributed by atoms with E-state index < -0.39 is 10.0 Å². The fraction of sp³-hybridized carbons (Fsp3) is 1.00. The molecule has 1 atom stereocenters. The lowest BCUT2D eigenvalue weighted by Crippen LogP contribution is -2.38. The molecule has 3 nitrogen and oxygen atoms in total.